The predicted octanol–water partition coefficient (Wildman–Crippen LogP) is 7.67. The second kappa shape index (κ2) is 9.79. The number of thiophene rings is 1. The summed E-state index contributed by atoms with van der Waals surface area (Å²) in [5.74, 6) is -0.928. The third kappa shape index (κ3) is 5.74. The Morgan fingerprint density at radius 3 is 2.00 bits per heavy atom. The Balaban J connectivity index is 1.63. The number of nitrogens with zero attached hydrogens (tertiary/aromatic N) is 1. The molecule has 0 fully saturated rings. The van der Waals surface area contributed by atoms with E-state index in [2.05, 4.69) is 5.32 Å². The Bertz CT molecular complexity index is 1600. The smallest absolute Gasteiger partial charge is 0.321 e. The highest BCUT2D eigenvalue weighted by Crippen LogP contribution is 2.38. The van der Waals surface area contributed by atoms with Gasteiger partial charge in [0.05, 0.1) is 26.6 Å². The summed E-state index contributed by atoms with van der Waals surface area (Å²) in [6.45, 7) is 0. The maximum Gasteiger partial charge on any atom is 0.416 e. The molecule has 3 aromatic carbocycles. The summed E-state index contributed by atoms with van der Waals surface area (Å²) in [7, 11) is -2.61. The first-order chi connectivity index (χ1) is 17.6. The lowest BCUT2D eigenvalue weighted by molar-refractivity contribution is -0.143. The van der Waals surface area contributed by atoms with Crippen LogP contribution in [-0.2, 0) is 22.4 Å². The number of alkyl halides is 6. The first kappa shape index (κ1) is 27.7. The molecule has 1 N–H and O–H groups in total. The van der Waals surface area contributed by atoms with Crippen LogP contribution < -0.4 is 9.62 Å². The highest BCUT2D eigenvalue weighted by molar-refractivity contribution is 7.92. The van der Waals surface area contributed by atoms with Gasteiger partial charge in [0.1, 0.15) is 0 Å². The molecule has 38 heavy (non-hydrogen) atoms. The SMILES string of the molecule is CN(c1ccc2sc(C(=O)Nc3cc(C(F)(F)F)cc(C(F)(F)F)c3)cc2c1)S(=O)(=O)c1ccc(Cl)cc1. The molecule has 4 rings (SSSR count). The van der Waals surface area contributed by atoms with Crippen molar-refractivity contribution in [2.45, 2.75) is 17.2 Å². The van der Waals surface area contributed by atoms with E-state index in [1.807, 2.05) is 0 Å². The van der Waals surface area contributed by atoms with Crippen LogP contribution in [0.2, 0.25) is 5.02 Å². The normalized spacial score (nSPS) is 12.5. The number of rotatable bonds is 5. The zero-order valence-corrected chi connectivity index (χ0v) is 21.4. The van der Waals surface area contributed by atoms with Crippen LogP contribution in [0.5, 0.6) is 0 Å². The molecule has 0 aliphatic carbocycles. The first-order valence-electron chi connectivity index (χ1n) is 10.4. The Labute approximate surface area is 221 Å². The van der Waals surface area contributed by atoms with Crippen LogP contribution >= 0.6 is 22.9 Å². The Kier molecular flexibility index (Phi) is 7.14. The first-order valence-corrected chi connectivity index (χ1v) is 13.1. The van der Waals surface area contributed by atoms with Gasteiger partial charge < -0.3 is 5.32 Å². The number of carbonyl (C=O) groups excluding carboxylic acids is 1. The molecule has 0 saturated carbocycles. The highest BCUT2D eigenvalue weighted by Gasteiger charge is 2.37. The summed E-state index contributed by atoms with van der Waals surface area (Å²) < 4.78 is 106. The number of sulfonamides is 1. The lowest BCUT2D eigenvalue weighted by Crippen LogP contribution is -2.26. The van der Waals surface area contributed by atoms with Crippen LogP contribution in [0, 0.1) is 0 Å². The fourth-order valence-electron chi connectivity index (χ4n) is 3.46. The number of hydrogen-bond donors (Lipinski definition) is 1. The van der Waals surface area contributed by atoms with Gasteiger partial charge in [-0.25, -0.2) is 8.42 Å². The summed E-state index contributed by atoms with van der Waals surface area (Å²) in [6, 6.07) is 12.2. The predicted molar refractivity (Wildman–Crippen MR) is 133 cm³/mol. The van der Waals surface area contributed by atoms with E-state index in [4.69, 9.17) is 11.6 Å². The summed E-state index contributed by atoms with van der Waals surface area (Å²) >= 11 is 6.75. The van der Waals surface area contributed by atoms with Crippen molar-refractivity contribution in [1.82, 2.24) is 0 Å². The largest absolute Gasteiger partial charge is 0.416 e. The molecule has 0 saturated heterocycles. The lowest BCUT2D eigenvalue weighted by atomic mass is 10.1. The van der Waals surface area contributed by atoms with Crippen molar-refractivity contribution >= 4 is 60.3 Å². The van der Waals surface area contributed by atoms with Crippen molar-refractivity contribution < 1.29 is 39.6 Å². The van der Waals surface area contributed by atoms with Crippen LogP contribution in [0.15, 0.2) is 71.6 Å². The van der Waals surface area contributed by atoms with Crippen LogP contribution in [0.4, 0.5) is 37.7 Å². The summed E-state index contributed by atoms with van der Waals surface area (Å²) in [4.78, 5) is 12.7. The van der Waals surface area contributed by atoms with E-state index < -0.39 is 45.1 Å². The van der Waals surface area contributed by atoms with Crippen LogP contribution in [0.1, 0.15) is 20.8 Å². The van der Waals surface area contributed by atoms with E-state index >= 15 is 0 Å². The van der Waals surface area contributed by atoms with Crippen molar-refractivity contribution in [3.63, 3.8) is 0 Å². The number of nitrogens with one attached hydrogen (secondary N) is 1. The highest BCUT2D eigenvalue weighted by atomic mass is 35.5. The third-order valence-electron chi connectivity index (χ3n) is 5.40. The van der Waals surface area contributed by atoms with E-state index in [1.54, 1.807) is 6.07 Å². The number of hydrogen-bond acceptors (Lipinski definition) is 4. The second-order valence-electron chi connectivity index (χ2n) is 8.01. The molecule has 5 nitrogen and oxygen atoms in total. The second-order valence-corrected chi connectivity index (χ2v) is 11.5. The van der Waals surface area contributed by atoms with Gasteiger partial charge in [-0.05, 0) is 72.1 Å². The third-order valence-corrected chi connectivity index (χ3v) is 8.57. The molecule has 1 heterocycles. The molecule has 1 aromatic heterocycles. The minimum absolute atomic E-state index is 0.00537. The monoisotopic (exact) mass is 592 g/mol. The van der Waals surface area contributed by atoms with Crippen molar-refractivity contribution in [2.75, 3.05) is 16.7 Å². The number of carbonyl (C=O) groups is 1. The summed E-state index contributed by atoms with van der Waals surface area (Å²) in [6.07, 6.45) is -10.1. The molecule has 0 aliphatic heterocycles. The molecule has 14 heteroatoms. The molecule has 0 unspecified atom stereocenters. The molecule has 1 amide bonds. The lowest BCUT2D eigenvalue weighted by Gasteiger charge is -2.19. The molecule has 0 bridgehead atoms. The topological polar surface area (TPSA) is 66.5 Å². The quantitative estimate of drug-likeness (QED) is 0.242. The number of benzene rings is 3. The van der Waals surface area contributed by atoms with E-state index in [0.29, 0.717) is 27.2 Å². The van der Waals surface area contributed by atoms with E-state index in [0.717, 1.165) is 15.6 Å². The Morgan fingerprint density at radius 2 is 1.45 bits per heavy atom. The van der Waals surface area contributed by atoms with Crippen LogP contribution in [-0.4, -0.2) is 21.4 Å². The maximum absolute atomic E-state index is 13.1. The zero-order chi connectivity index (χ0) is 28.0. The van der Waals surface area contributed by atoms with E-state index in [1.165, 1.54) is 49.5 Å². The van der Waals surface area contributed by atoms with E-state index in [-0.39, 0.29) is 21.5 Å². The molecular weight excluding hydrogens is 578 g/mol. The van der Waals surface area contributed by atoms with Gasteiger partial charge in [0, 0.05) is 22.5 Å². The van der Waals surface area contributed by atoms with Gasteiger partial charge in [0.2, 0.25) is 0 Å². The standard InChI is InChI=1S/C24H15ClF6N2O3S2/c1-33(38(35,36)19-5-2-16(25)3-6-19)18-4-7-20-13(8-18)9-21(37-20)22(34)32-17-11-14(23(26,27)28)10-15(12-17)24(29,30)31/h2-12H,1H3,(H,32,34). The number of anilines is 2. The number of fused-ring (bicyclic) bond motifs is 1. The molecule has 0 aliphatic rings. The van der Waals surface area contributed by atoms with Crippen molar-refractivity contribution in [3.05, 3.63) is 87.8 Å². The van der Waals surface area contributed by atoms with Crippen LogP contribution in [0.25, 0.3) is 10.1 Å². The fraction of sp³-hybridized carbons (Fsp3) is 0.125. The van der Waals surface area contributed by atoms with Gasteiger partial charge in [-0.2, -0.15) is 26.3 Å². The van der Waals surface area contributed by atoms with Gasteiger partial charge >= 0.3 is 12.4 Å². The number of halogens is 7. The average molecular weight is 593 g/mol. The molecular formula is C24H15ClF6N2O3S2. The van der Waals surface area contributed by atoms with Gasteiger partial charge in [-0.1, -0.05) is 11.6 Å². The Morgan fingerprint density at radius 1 is 0.868 bits per heavy atom. The minimum atomic E-state index is -5.06. The molecule has 200 valence electrons. The van der Waals surface area contributed by atoms with Crippen molar-refractivity contribution in [3.8, 4) is 0 Å². The molecule has 0 radical (unpaired) electrons. The summed E-state index contributed by atoms with van der Waals surface area (Å²) in [5.41, 5.74) is -3.55. The van der Waals surface area contributed by atoms with E-state index in [9.17, 15) is 39.6 Å². The van der Waals surface area contributed by atoms with Crippen molar-refractivity contribution in [1.29, 1.82) is 0 Å². The minimum Gasteiger partial charge on any atom is -0.321 e. The summed E-state index contributed by atoms with van der Waals surface area (Å²) in [5, 5.41) is 2.89. The molecule has 4 aromatic rings. The number of amides is 1. The van der Waals surface area contributed by atoms with Gasteiger partial charge in [-0.3, -0.25) is 9.10 Å². The fourth-order valence-corrected chi connectivity index (χ4v) is 5.71. The zero-order valence-electron chi connectivity index (χ0n) is 19.0. The maximum atomic E-state index is 13.1. The van der Waals surface area contributed by atoms with Crippen molar-refractivity contribution in [2.24, 2.45) is 0 Å². The average Bonchev–Trinajstić information content (AvgIpc) is 3.26. The molecule has 0 atom stereocenters. The van der Waals surface area contributed by atoms with Gasteiger partial charge in [0.15, 0.2) is 0 Å². The van der Waals surface area contributed by atoms with Gasteiger partial charge in [0.25, 0.3) is 15.9 Å². The Hall–Kier alpha value is -3.29. The van der Waals surface area contributed by atoms with Crippen LogP contribution in [0.3, 0.4) is 0 Å². The molecule has 0 spiro atoms. The van der Waals surface area contributed by atoms with Gasteiger partial charge in [-0.15, -0.1) is 11.3 Å².